The van der Waals surface area contributed by atoms with E-state index >= 15 is 0 Å². The van der Waals surface area contributed by atoms with Gasteiger partial charge in [0, 0.05) is 23.8 Å². The smallest absolute Gasteiger partial charge is 0.262 e. The highest BCUT2D eigenvalue weighted by Gasteiger charge is 2.18. The van der Waals surface area contributed by atoms with E-state index in [4.69, 9.17) is 4.74 Å². The molecule has 0 spiro atoms. The number of anilines is 1. The van der Waals surface area contributed by atoms with Crippen LogP contribution < -0.4 is 15.4 Å². The average Bonchev–Trinajstić information content (AvgIpc) is 2.85. The molecule has 7 nitrogen and oxygen atoms in total. The second-order valence-corrected chi connectivity index (χ2v) is 9.37. The number of likely N-dealkylation sites (N-methyl/N-ethyl adjacent to an activating group) is 1. The molecule has 0 aromatic heterocycles. The Morgan fingerprint density at radius 3 is 2.22 bits per heavy atom. The van der Waals surface area contributed by atoms with Crippen LogP contribution in [0.4, 0.5) is 14.5 Å². The van der Waals surface area contributed by atoms with Gasteiger partial charge in [-0.15, -0.1) is 0 Å². The molecule has 0 aliphatic heterocycles. The number of halogens is 3. The van der Waals surface area contributed by atoms with Crippen LogP contribution in [0.2, 0.25) is 0 Å². The van der Waals surface area contributed by atoms with Crippen molar-refractivity contribution < 1.29 is 27.9 Å². The van der Waals surface area contributed by atoms with Crippen LogP contribution in [0.15, 0.2) is 59.1 Å². The third kappa shape index (κ3) is 7.85. The zero-order valence-corrected chi connectivity index (χ0v) is 22.1. The molecule has 0 aliphatic carbocycles. The van der Waals surface area contributed by atoms with Gasteiger partial charge >= 0.3 is 0 Å². The Bertz CT molecular complexity index is 1290. The van der Waals surface area contributed by atoms with Gasteiger partial charge in [0.25, 0.3) is 11.8 Å². The maximum absolute atomic E-state index is 13.9. The summed E-state index contributed by atoms with van der Waals surface area (Å²) in [7, 11) is 1.54. The number of nitrogens with one attached hydrogen (secondary N) is 2. The molecule has 0 heterocycles. The molecule has 194 valence electrons. The molecule has 0 saturated heterocycles. The summed E-state index contributed by atoms with van der Waals surface area (Å²) in [5.41, 5.74) is 2.93. The Labute approximate surface area is 221 Å². The molecule has 0 aliphatic rings. The molecular weight excluding hydrogens is 548 g/mol. The highest BCUT2D eigenvalue weighted by atomic mass is 79.9. The Balaban J connectivity index is 1.59. The highest BCUT2D eigenvalue weighted by Crippen LogP contribution is 2.25. The summed E-state index contributed by atoms with van der Waals surface area (Å²) >= 11 is 3.41. The summed E-state index contributed by atoms with van der Waals surface area (Å²) in [4.78, 5) is 39.0. The summed E-state index contributed by atoms with van der Waals surface area (Å²) in [5, 5.41) is 5.23. The van der Waals surface area contributed by atoms with Crippen molar-refractivity contribution in [3.05, 3.63) is 93.0 Å². The number of nitrogens with zero attached hydrogens (tertiary/aromatic N) is 1. The van der Waals surface area contributed by atoms with Crippen LogP contribution in [0, 0.1) is 25.5 Å². The molecule has 0 atom stereocenters. The average molecular weight is 574 g/mol. The topological polar surface area (TPSA) is 87.7 Å². The molecule has 0 fully saturated rings. The van der Waals surface area contributed by atoms with E-state index in [1.165, 1.54) is 23.1 Å². The van der Waals surface area contributed by atoms with E-state index in [9.17, 15) is 23.2 Å². The van der Waals surface area contributed by atoms with E-state index in [1.54, 1.807) is 19.2 Å². The zero-order valence-electron chi connectivity index (χ0n) is 20.5. The van der Waals surface area contributed by atoms with E-state index in [0.717, 1.165) is 33.3 Å². The summed E-state index contributed by atoms with van der Waals surface area (Å²) in [6, 6.07) is 12.8. The van der Waals surface area contributed by atoms with Gasteiger partial charge in [-0.05, 0) is 73.0 Å². The quantitative estimate of drug-likeness (QED) is 0.386. The third-order valence-electron chi connectivity index (χ3n) is 5.47. The number of amides is 3. The summed E-state index contributed by atoms with van der Waals surface area (Å²) in [5.74, 6) is -2.67. The van der Waals surface area contributed by atoms with Gasteiger partial charge in [0.1, 0.15) is 17.4 Å². The van der Waals surface area contributed by atoms with Gasteiger partial charge in [0.15, 0.2) is 6.61 Å². The van der Waals surface area contributed by atoms with Crippen molar-refractivity contribution in [1.82, 2.24) is 10.2 Å². The SMILES string of the molecule is Cc1cc(Br)cc(C)c1NC(=O)COc1ccc(F)cc1C(=O)NCC(=O)N(C)Cc1ccc(F)cc1. The van der Waals surface area contributed by atoms with Gasteiger partial charge in [-0.1, -0.05) is 28.1 Å². The number of rotatable bonds is 9. The van der Waals surface area contributed by atoms with Crippen molar-refractivity contribution in [1.29, 1.82) is 0 Å². The fourth-order valence-corrected chi connectivity index (χ4v) is 4.26. The monoisotopic (exact) mass is 573 g/mol. The number of hydrogen-bond donors (Lipinski definition) is 2. The Morgan fingerprint density at radius 2 is 1.57 bits per heavy atom. The predicted molar refractivity (Wildman–Crippen MR) is 139 cm³/mol. The van der Waals surface area contributed by atoms with Gasteiger partial charge in [0.05, 0.1) is 12.1 Å². The Kier molecular flexibility index (Phi) is 9.35. The first-order valence-corrected chi connectivity index (χ1v) is 12.1. The molecule has 10 heteroatoms. The molecule has 0 saturated carbocycles. The third-order valence-corrected chi connectivity index (χ3v) is 5.92. The molecule has 3 aromatic carbocycles. The fourth-order valence-electron chi connectivity index (χ4n) is 3.57. The van der Waals surface area contributed by atoms with Gasteiger partial charge in [-0.3, -0.25) is 14.4 Å². The molecule has 0 radical (unpaired) electrons. The standard InChI is InChI=1S/C27H26BrF2N3O4/c1-16-10-19(28)11-17(2)26(16)32-24(34)15-37-23-9-8-21(30)12-22(23)27(36)31-13-25(35)33(3)14-18-4-6-20(29)7-5-18/h4-12H,13-15H2,1-3H3,(H,31,36)(H,32,34). The number of hydrogen-bond acceptors (Lipinski definition) is 4. The first-order valence-electron chi connectivity index (χ1n) is 11.3. The van der Waals surface area contributed by atoms with Crippen LogP contribution in [0.25, 0.3) is 0 Å². The number of carbonyl (C=O) groups excluding carboxylic acids is 3. The van der Waals surface area contributed by atoms with E-state index < -0.39 is 30.1 Å². The highest BCUT2D eigenvalue weighted by molar-refractivity contribution is 9.10. The molecule has 2 N–H and O–H groups in total. The van der Waals surface area contributed by atoms with Crippen LogP contribution in [-0.4, -0.2) is 42.8 Å². The molecule has 0 bridgehead atoms. The lowest BCUT2D eigenvalue weighted by Crippen LogP contribution is -2.38. The van der Waals surface area contributed by atoms with Crippen molar-refractivity contribution in [2.24, 2.45) is 0 Å². The van der Waals surface area contributed by atoms with Crippen molar-refractivity contribution in [3.8, 4) is 5.75 Å². The maximum atomic E-state index is 13.9. The minimum absolute atomic E-state index is 0.00887. The molecule has 0 unspecified atom stereocenters. The predicted octanol–water partition coefficient (Wildman–Crippen LogP) is 4.75. The first-order chi connectivity index (χ1) is 17.5. The molecule has 3 amide bonds. The Hall–Kier alpha value is -3.79. The van der Waals surface area contributed by atoms with Gasteiger partial charge < -0.3 is 20.3 Å². The molecule has 3 aromatic rings. The van der Waals surface area contributed by atoms with Crippen LogP contribution in [-0.2, 0) is 16.1 Å². The Morgan fingerprint density at radius 1 is 0.946 bits per heavy atom. The minimum atomic E-state index is -0.738. The summed E-state index contributed by atoms with van der Waals surface area (Å²) in [6.45, 7) is 3.16. The minimum Gasteiger partial charge on any atom is -0.483 e. The van der Waals surface area contributed by atoms with E-state index in [0.29, 0.717) is 5.69 Å². The number of benzene rings is 3. The molecular formula is C27H26BrF2N3O4. The largest absolute Gasteiger partial charge is 0.483 e. The number of aryl methyl sites for hydroxylation is 2. The van der Waals surface area contributed by atoms with Gasteiger partial charge in [-0.2, -0.15) is 0 Å². The van der Waals surface area contributed by atoms with Crippen LogP contribution in [0.1, 0.15) is 27.0 Å². The van der Waals surface area contributed by atoms with Crippen molar-refractivity contribution in [3.63, 3.8) is 0 Å². The van der Waals surface area contributed by atoms with Crippen molar-refractivity contribution >= 4 is 39.3 Å². The molecule has 37 heavy (non-hydrogen) atoms. The van der Waals surface area contributed by atoms with Gasteiger partial charge in [-0.25, -0.2) is 8.78 Å². The second-order valence-electron chi connectivity index (χ2n) is 8.45. The summed E-state index contributed by atoms with van der Waals surface area (Å²) < 4.78 is 33.4. The van der Waals surface area contributed by atoms with Crippen LogP contribution in [0.5, 0.6) is 5.75 Å². The first kappa shape index (κ1) is 27.8. The van der Waals surface area contributed by atoms with E-state index in [-0.39, 0.29) is 30.2 Å². The van der Waals surface area contributed by atoms with Crippen molar-refractivity contribution in [2.75, 3.05) is 25.5 Å². The van der Waals surface area contributed by atoms with E-state index in [1.807, 2.05) is 26.0 Å². The number of ether oxygens (including phenoxy) is 1. The van der Waals surface area contributed by atoms with Crippen molar-refractivity contribution in [2.45, 2.75) is 20.4 Å². The molecule has 3 rings (SSSR count). The lowest BCUT2D eigenvalue weighted by molar-refractivity contribution is -0.129. The zero-order chi connectivity index (χ0) is 27.1. The van der Waals surface area contributed by atoms with Gasteiger partial charge in [0.2, 0.25) is 5.91 Å². The van der Waals surface area contributed by atoms with Crippen LogP contribution in [0.3, 0.4) is 0 Å². The summed E-state index contributed by atoms with van der Waals surface area (Å²) in [6.07, 6.45) is 0. The van der Waals surface area contributed by atoms with E-state index in [2.05, 4.69) is 26.6 Å². The lowest BCUT2D eigenvalue weighted by Gasteiger charge is -2.18. The lowest BCUT2D eigenvalue weighted by atomic mass is 10.1. The van der Waals surface area contributed by atoms with Crippen LogP contribution >= 0.6 is 15.9 Å². The number of carbonyl (C=O) groups is 3. The normalized spacial score (nSPS) is 10.5. The second kappa shape index (κ2) is 12.4. The fraction of sp³-hybridized carbons (Fsp3) is 0.222. The maximum Gasteiger partial charge on any atom is 0.262 e.